The van der Waals surface area contributed by atoms with Crippen LogP contribution in [0, 0.1) is 0 Å². The summed E-state index contributed by atoms with van der Waals surface area (Å²) in [5.74, 6) is 1.01. The third kappa shape index (κ3) is 2.55. The summed E-state index contributed by atoms with van der Waals surface area (Å²) in [7, 11) is 0. The minimum atomic E-state index is -0.141. The molecule has 0 spiro atoms. The predicted molar refractivity (Wildman–Crippen MR) is 80.8 cm³/mol. The molecule has 0 aliphatic carbocycles. The van der Waals surface area contributed by atoms with Crippen LogP contribution < -0.4 is 19.7 Å². The van der Waals surface area contributed by atoms with Crippen LogP contribution in [0.5, 0.6) is 11.5 Å². The van der Waals surface area contributed by atoms with Gasteiger partial charge in [-0.25, -0.2) is 0 Å². The second-order valence-electron chi connectivity index (χ2n) is 5.55. The summed E-state index contributed by atoms with van der Waals surface area (Å²) in [6.45, 7) is 2.54. The molecular formula is C15H17N3O5. The molecular weight excluding hydrogens is 302 g/mol. The highest BCUT2D eigenvalue weighted by Crippen LogP contribution is 2.42. The molecule has 1 aromatic rings. The van der Waals surface area contributed by atoms with E-state index < -0.39 is 0 Å². The Hall–Kier alpha value is -2.48. The van der Waals surface area contributed by atoms with Crippen molar-refractivity contribution in [1.82, 2.24) is 4.90 Å². The summed E-state index contributed by atoms with van der Waals surface area (Å²) in [6, 6.07) is 3.55. The zero-order chi connectivity index (χ0) is 15.8. The number of carbonyl (C=O) groups is 2. The lowest BCUT2D eigenvalue weighted by Crippen LogP contribution is -2.49. The predicted octanol–water partition coefficient (Wildman–Crippen LogP) is 0.0326. The van der Waals surface area contributed by atoms with Crippen LogP contribution in [0.15, 0.2) is 12.1 Å². The fourth-order valence-corrected chi connectivity index (χ4v) is 2.92. The molecule has 3 aliphatic rings. The maximum absolute atomic E-state index is 12.5. The lowest BCUT2D eigenvalue weighted by molar-refractivity contribution is -0.134. The fraction of sp³-hybridized carbons (Fsp3) is 0.467. The second kappa shape index (κ2) is 5.62. The van der Waals surface area contributed by atoms with Gasteiger partial charge in [0.15, 0.2) is 11.5 Å². The molecule has 0 saturated carbocycles. The average molecular weight is 319 g/mol. The van der Waals surface area contributed by atoms with Gasteiger partial charge in [-0.2, -0.15) is 0 Å². The van der Waals surface area contributed by atoms with Crippen molar-refractivity contribution in [1.29, 1.82) is 0 Å². The molecule has 8 heteroatoms. The van der Waals surface area contributed by atoms with E-state index in [4.69, 9.17) is 14.2 Å². The zero-order valence-corrected chi connectivity index (χ0v) is 12.5. The van der Waals surface area contributed by atoms with Crippen molar-refractivity contribution in [3.05, 3.63) is 12.1 Å². The van der Waals surface area contributed by atoms with Crippen molar-refractivity contribution in [2.75, 3.05) is 56.4 Å². The van der Waals surface area contributed by atoms with Gasteiger partial charge in [0, 0.05) is 25.2 Å². The molecule has 23 heavy (non-hydrogen) atoms. The molecule has 0 radical (unpaired) electrons. The van der Waals surface area contributed by atoms with Crippen molar-refractivity contribution in [3.8, 4) is 11.5 Å². The number of nitrogens with one attached hydrogen (secondary N) is 1. The molecule has 3 heterocycles. The summed E-state index contributed by atoms with van der Waals surface area (Å²) in [4.78, 5) is 28.0. The van der Waals surface area contributed by atoms with E-state index >= 15 is 0 Å². The van der Waals surface area contributed by atoms with E-state index in [0.717, 1.165) is 5.69 Å². The lowest BCUT2D eigenvalue weighted by Gasteiger charge is -2.33. The van der Waals surface area contributed by atoms with Gasteiger partial charge in [0.1, 0.15) is 6.54 Å². The standard InChI is InChI=1S/C15H17N3O5/c19-14-7-16-10-5-12-13(23-9-22-12)6-11(10)18(14)8-15(20)17-1-3-21-4-2-17/h5-6,16H,1-4,7-9H2. The minimum Gasteiger partial charge on any atom is -0.454 e. The van der Waals surface area contributed by atoms with Crippen molar-refractivity contribution >= 4 is 23.2 Å². The van der Waals surface area contributed by atoms with E-state index in [0.29, 0.717) is 43.5 Å². The third-order valence-corrected chi connectivity index (χ3v) is 4.17. The molecule has 1 N–H and O–H groups in total. The molecule has 4 rings (SSSR count). The Balaban J connectivity index is 1.59. The van der Waals surface area contributed by atoms with Gasteiger partial charge >= 0.3 is 0 Å². The maximum Gasteiger partial charge on any atom is 0.246 e. The van der Waals surface area contributed by atoms with E-state index in [-0.39, 0.29) is 31.7 Å². The molecule has 122 valence electrons. The maximum atomic E-state index is 12.5. The van der Waals surface area contributed by atoms with Crippen LogP contribution >= 0.6 is 0 Å². The van der Waals surface area contributed by atoms with Gasteiger partial charge in [-0.15, -0.1) is 0 Å². The van der Waals surface area contributed by atoms with Crippen LogP contribution in [-0.2, 0) is 14.3 Å². The highest BCUT2D eigenvalue weighted by molar-refractivity contribution is 6.06. The van der Waals surface area contributed by atoms with Gasteiger partial charge in [-0.1, -0.05) is 0 Å². The van der Waals surface area contributed by atoms with Crippen LogP contribution in [0.2, 0.25) is 0 Å². The third-order valence-electron chi connectivity index (χ3n) is 4.17. The summed E-state index contributed by atoms with van der Waals surface area (Å²) in [6.07, 6.45) is 0. The molecule has 0 aromatic heterocycles. The van der Waals surface area contributed by atoms with E-state index in [1.54, 1.807) is 17.0 Å². The molecule has 0 atom stereocenters. The topological polar surface area (TPSA) is 80.3 Å². The molecule has 2 amide bonds. The molecule has 1 fully saturated rings. The van der Waals surface area contributed by atoms with E-state index in [1.807, 2.05) is 0 Å². The number of hydrogen-bond acceptors (Lipinski definition) is 6. The number of anilines is 2. The number of morpholine rings is 1. The van der Waals surface area contributed by atoms with Gasteiger partial charge < -0.3 is 24.4 Å². The van der Waals surface area contributed by atoms with Crippen LogP contribution in [0.3, 0.4) is 0 Å². The number of carbonyl (C=O) groups excluding carboxylic acids is 2. The zero-order valence-electron chi connectivity index (χ0n) is 12.5. The summed E-state index contributed by atoms with van der Waals surface area (Å²) >= 11 is 0. The molecule has 3 aliphatic heterocycles. The quantitative estimate of drug-likeness (QED) is 0.829. The molecule has 0 bridgehead atoms. The molecule has 1 saturated heterocycles. The summed E-state index contributed by atoms with van der Waals surface area (Å²) in [5.41, 5.74) is 1.41. The number of ether oxygens (including phenoxy) is 3. The van der Waals surface area contributed by atoms with E-state index in [9.17, 15) is 9.59 Å². The Kier molecular flexibility index (Phi) is 3.45. The van der Waals surface area contributed by atoms with E-state index in [2.05, 4.69) is 5.32 Å². The van der Waals surface area contributed by atoms with Gasteiger partial charge in [-0.05, 0) is 0 Å². The average Bonchev–Trinajstić information content (AvgIpc) is 3.04. The lowest BCUT2D eigenvalue weighted by atomic mass is 10.1. The van der Waals surface area contributed by atoms with Crippen LogP contribution in [-0.4, -0.2) is 62.9 Å². The first-order chi connectivity index (χ1) is 11.2. The van der Waals surface area contributed by atoms with Gasteiger partial charge in [-0.3, -0.25) is 14.5 Å². The Morgan fingerprint density at radius 3 is 2.70 bits per heavy atom. The number of nitrogens with zero attached hydrogens (tertiary/aromatic N) is 2. The monoisotopic (exact) mass is 319 g/mol. The number of amides is 2. The fourth-order valence-electron chi connectivity index (χ4n) is 2.92. The Labute approximate surface area is 132 Å². The highest BCUT2D eigenvalue weighted by Gasteiger charge is 2.30. The van der Waals surface area contributed by atoms with Crippen molar-refractivity contribution < 1.29 is 23.8 Å². The van der Waals surface area contributed by atoms with Gasteiger partial charge in [0.05, 0.1) is 31.1 Å². The summed E-state index contributed by atoms with van der Waals surface area (Å²) < 4.78 is 16.0. The van der Waals surface area contributed by atoms with Gasteiger partial charge in [0.25, 0.3) is 0 Å². The highest BCUT2D eigenvalue weighted by atomic mass is 16.7. The summed E-state index contributed by atoms with van der Waals surface area (Å²) in [5, 5.41) is 3.05. The first-order valence-corrected chi connectivity index (χ1v) is 7.56. The molecule has 0 unspecified atom stereocenters. The van der Waals surface area contributed by atoms with Crippen molar-refractivity contribution in [2.45, 2.75) is 0 Å². The number of benzene rings is 1. The number of rotatable bonds is 2. The van der Waals surface area contributed by atoms with Crippen LogP contribution in [0.1, 0.15) is 0 Å². The van der Waals surface area contributed by atoms with Crippen molar-refractivity contribution in [3.63, 3.8) is 0 Å². The van der Waals surface area contributed by atoms with Gasteiger partial charge in [0.2, 0.25) is 18.6 Å². The minimum absolute atomic E-state index is 0.0210. The normalized spacial score (nSPS) is 19.4. The first kappa shape index (κ1) is 14.1. The van der Waals surface area contributed by atoms with Crippen LogP contribution in [0.4, 0.5) is 11.4 Å². The second-order valence-corrected chi connectivity index (χ2v) is 5.55. The SMILES string of the molecule is O=C(CN1C(=O)CNc2cc3c(cc21)OCO3)N1CCOCC1. The molecule has 8 nitrogen and oxygen atoms in total. The Morgan fingerprint density at radius 1 is 1.17 bits per heavy atom. The van der Waals surface area contributed by atoms with Crippen molar-refractivity contribution in [2.24, 2.45) is 0 Å². The Morgan fingerprint density at radius 2 is 1.91 bits per heavy atom. The smallest absolute Gasteiger partial charge is 0.246 e. The number of fused-ring (bicyclic) bond motifs is 2. The number of hydrogen-bond donors (Lipinski definition) is 1. The molecule has 1 aromatic carbocycles. The van der Waals surface area contributed by atoms with Crippen LogP contribution in [0.25, 0.3) is 0 Å². The Bertz CT molecular complexity index is 657. The first-order valence-electron chi connectivity index (χ1n) is 7.56. The van der Waals surface area contributed by atoms with E-state index in [1.165, 1.54) is 4.90 Å². The largest absolute Gasteiger partial charge is 0.454 e.